The Balaban J connectivity index is 2.68. The lowest BCUT2D eigenvalue weighted by Gasteiger charge is -2.37. The second kappa shape index (κ2) is 6.60. The third-order valence-corrected chi connectivity index (χ3v) is 3.72. The van der Waals surface area contributed by atoms with Gasteiger partial charge >= 0.3 is 0 Å². The fourth-order valence-electron chi connectivity index (χ4n) is 2.49. The van der Waals surface area contributed by atoms with Crippen molar-refractivity contribution in [2.24, 2.45) is 10.4 Å². The Hall–Kier alpha value is -0.770. The summed E-state index contributed by atoms with van der Waals surface area (Å²) in [6.45, 7) is 12.1. The zero-order chi connectivity index (χ0) is 14.5. The molecule has 2 atom stereocenters. The molecule has 0 aliphatic heterocycles. The van der Waals surface area contributed by atoms with Gasteiger partial charge in [-0.05, 0) is 40.5 Å². The molecule has 1 rings (SSSR count). The second-order valence-electron chi connectivity index (χ2n) is 6.99. The summed E-state index contributed by atoms with van der Waals surface area (Å²) in [6.07, 6.45) is 4.09. The number of rotatable bonds is 3. The summed E-state index contributed by atoms with van der Waals surface area (Å²) in [5, 5.41) is 16.8. The van der Waals surface area contributed by atoms with Crippen molar-refractivity contribution >= 4 is 5.96 Å². The van der Waals surface area contributed by atoms with E-state index >= 15 is 0 Å². The van der Waals surface area contributed by atoms with Crippen LogP contribution >= 0.6 is 0 Å². The summed E-state index contributed by atoms with van der Waals surface area (Å²) in [5.74, 6) is 0.842. The quantitative estimate of drug-likeness (QED) is 0.544. The Morgan fingerprint density at radius 1 is 1.37 bits per heavy atom. The molecule has 0 bridgehead atoms. The monoisotopic (exact) mass is 269 g/mol. The van der Waals surface area contributed by atoms with Crippen molar-refractivity contribution in [1.82, 2.24) is 10.6 Å². The van der Waals surface area contributed by atoms with Gasteiger partial charge in [0.2, 0.25) is 0 Å². The summed E-state index contributed by atoms with van der Waals surface area (Å²) in [6, 6.07) is 0. The van der Waals surface area contributed by atoms with Gasteiger partial charge < -0.3 is 15.7 Å². The molecule has 0 aromatic carbocycles. The zero-order valence-electron chi connectivity index (χ0n) is 13.2. The van der Waals surface area contributed by atoms with Gasteiger partial charge in [0.05, 0.1) is 12.6 Å². The van der Waals surface area contributed by atoms with E-state index in [0.717, 1.165) is 31.8 Å². The van der Waals surface area contributed by atoms with Crippen molar-refractivity contribution in [3.63, 3.8) is 0 Å². The molecule has 0 saturated heterocycles. The van der Waals surface area contributed by atoms with Crippen molar-refractivity contribution in [3.8, 4) is 0 Å². The minimum Gasteiger partial charge on any atom is -0.392 e. The molecule has 19 heavy (non-hydrogen) atoms. The first-order valence-electron chi connectivity index (χ1n) is 7.51. The molecule has 3 N–H and O–H groups in total. The number of aliphatic imine (C=N–C) groups is 1. The number of aliphatic hydroxyl groups excluding tert-OH is 1. The number of guanidine groups is 1. The summed E-state index contributed by atoms with van der Waals surface area (Å²) >= 11 is 0. The summed E-state index contributed by atoms with van der Waals surface area (Å²) in [4.78, 5) is 4.68. The third kappa shape index (κ3) is 5.39. The summed E-state index contributed by atoms with van der Waals surface area (Å²) in [7, 11) is 0. The Bertz CT molecular complexity index is 309. The van der Waals surface area contributed by atoms with Crippen LogP contribution in [-0.4, -0.2) is 35.8 Å². The maximum absolute atomic E-state index is 10.2. The van der Waals surface area contributed by atoms with Crippen LogP contribution in [0.3, 0.4) is 0 Å². The summed E-state index contributed by atoms with van der Waals surface area (Å²) < 4.78 is 0. The second-order valence-corrected chi connectivity index (χ2v) is 6.99. The van der Waals surface area contributed by atoms with E-state index in [-0.39, 0.29) is 17.1 Å². The molecular weight excluding hydrogens is 238 g/mol. The average molecular weight is 269 g/mol. The highest BCUT2D eigenvalue weighted by Gasteiger charge is 2.35. The molecule has 1 aliphatic rings. The first-order valence-corrected chi connectivity index (χ1v) is 7.51. The molecule has 2 unspecified atom stereocenters. The Labute approximate surface area is 118 Å². The van der Waals surface area contributed by atoms with Crippen LogP contribution in [0.4, 0.5) is 0 Å². The third-order valence-electron chi connectivity index (χ3n) is 3.72. The van der Waals surface area contributed by atoms with E-state index in [1.54, 1.807) is 0 Å². The van der Waals surface area contributed by atoms with Gasteiger partial charge in [0.1, 0.15) is 0 Å². The van der Waals surface area contributed by atoms with Crippen molar-refractivity contribution < 1.29 is 5.11 Å². The van der Waals surface area contributed by atoms with Crippen LogP contribution in [0.5, 0.6) is 0 Å². The standard InChI is InChI=1S/C15H31N3O/c1-6-16-13(18-14(2,3)4)17-11-15(5)10-8-7-9-12(15)19/h12,19H,6-11H2,1-5H3,(H2,16,17,18). The van der Waals surface area contributed by atoms with Crippen LogP contribution in [0.15, 0.2) is 4.99 Å². The summed E-state index contributed by atoms with van der Waals surface area (Å²) in [5.41, 5.74) is -0.0778. The van der Waals surface area contributed by atoms with Gasteiger partial charge in [0.25, 0.3) is 0 Å². The normalized spacial score (nSPS) is 29.2. The maximum Gasteiger partial charge on any atom is 0.191 e. The number of hydrogen-bond donors (Lipinski definition) is 3. The van der Waals surface area contributed by atoms with E-state index in [2.05, 4.69) is 50.2 Å². The minimum absolute atomic E-state index is 0.00686. The van der Waals surface area contributed by atoms with E-state index in [4.69, 9.17) is 0 Å². The highest BCUT2D eigenvalue weighted by Crippen LogP contribution is 2.36. The molecule has 1 fully saturated rings. The van der Waals surface area contributed by atoms with Gasteiger partial charge in [-0.2, -0.15) is 0 Å². The lowest BCUT2D eigenvalue weighted by atomic mass is 9.73. The van der Waals surface area contributed by atoms with Crippen LogP contribution in [0.2, 0.25) is 0 Å². The Morgan fingerprint density at radius 2 is 2.05 bits per heavy atom. The van der Waals surface area contributed by atoms with Crippen molar-refractivity contribution in [2.45, 2.75) is 71.9 Å². The smallest absolute Gasteiger partial charge is 0.191 e. The molecule has 0 amide bonds. The largest absolute Gasteiger partial charge is 0.392 e. The van der Waals surface area contributed by atoms with E-state index in [1.807, 2.05) is 0 Å². The number of nitrogens with zero attached hydrogens (tertiary/aromatic N) is 1. The molecule has 1 aliphatic carbocycles. The number of nitrogens with one attached hydrogen (secondary N) is 2. The van der Waals surface area contributed by atoms with Crippen molar-refractivity contribution in [2.75, 3.05) is 13.1 Å². The Morgan fingerprint density at radius 3 is 2.58 bits per heavy atom. The lowest BCUT2D eigenvalue weighted by Crippen LogP contribution is -2.48. The molecule has 0 heterocycles. The SMILES string of the molecule is CCNC(=NCC1(C)CCCCC1O)NC(C)(C)C. The van der Waals surface area contributed by atoms with Crippen molar-refractivity contribution in [1.29, 1.82) is 0 Å². The minimum atomic E-state index is -0.220. The van der Waals surface area contributed by atoms with E-state index < -0.39 is 0 Å². The predicted octanol–water partition coefficient (Wildman–Crippen LogP) is 2.28. The lowest BCUT2D eigenvalue weighted by molar-refractivity contribution is 0.00715. The van der Waals surface area contributed by atoms with E-state index in [1.165, 1.54) is 6.42 Å². The highest BCUT2D eigenvalue weighted by molar-refractivity contribution is 5.80. The van der Waals surface area contributed by atoms with Gasteiger partial charge in [0.15, 0.2) is 5.96 Å². The van der Waals surface area contributed by atoms with E-state index in [0.29, 0.717) is 6.54 Å². The first-order chi connectivity index (χ1) is 8.77. The molecule has 0 aromatic rings. The van der Waals surface area contributed by atoms with Gasteiger partial charge in [-0.25, -0.2) is 0 Å². The fraction of sp³-hybridized carbons (Fsp3) is 0.933. The van der Waals surface area contributed by atoms with Crippen LogP contribution in [0.1, 0.15) is 60.3 Å². The Kier molecular flexibility index (Phi) is 5.65. The number of aliphatic hydroxyl groups is 1. The molecule has 1 saturated carbocycles. The van der Waals surface area contributed by atoms with Crippen LogP contribution in [-0.2, 0) is 0 Å². The molecule has 4 nitrogen and oxygen atoms in total. The topological polar surface area (TPSA) is 56.7 Å². The fourth-order valence-corrected chi connectivity index (χ4v) is 2.49. The zero-order valence-corrected chi connectivity index (χ0v) is 13.2. The molecule has 0 spiro atoms. The molecule has 0 radical (unpaired) electrons. The number of hydrogen-bond acceptors (Lipinski definition) is 2. The average Bonchev–Trinajstić information content (AvgIpc) is 2.29. The first kappa shape index (κ1) is 16.3. The van der Waals surface area contributed by atoms with Gasteiger partial charge in [-0.3, -0.25) is 4.99 Å². The van der Waals surface area contributed by atoms with Gasteiger partial charge in [0, 0.05) is 17.5 Å². The molecule has 112 valence electrons. The van der Waals surface area contributed by atoms with E-state index in [9.17, 15) is 5.11 Å². The van der Waals surface area contributed by atoms with Crippen molar-refractivity contribution in [3.05, 3.63) is 0 Å². The molecule has 4 heteroatoms. The van der Waals surface area contributed by atoms with Crippen LogP contribution in [0, 0.1) is 5.41 Å². The van der Waals surface area contributed by atoms with Crippen LogP contribution < -0.4 is 10.6 Å². The van der Waals surface area contributed by atoms with Gasteiger partial charge in [-0.1, -0.05) is 19.8 Å². The molecular formula is C15H31N3O. The predicted molar refractivity (Wildman–Crippen MR) is 81.4 cm³/mol. The highest BCUT2D eigenvalue weighted by atomic mass is 16.3. The van der Waals surface area contributed by atoms with Gasteiger partial charge in [-0.15, -0.1) is 0 Å². The maximum atomic E-state index is 10.2. The van der Waals surface area contributed by atoms with Crippen LogP contribution in [0.25, 0.3) is 0 Å². The molecule has 0 aromatic heterocycles.